The first kappa shape index (κ1) is 8.99. The van der Waals surface area contributed by atoms with E-state index in [1.807, 2.05) is 0 Å². The minimum absolute atomic E-state index is 0.183. The van der Waals surface area contributed by atoms with Gasteiger partial charge in [-0.15, -0.1) is 0 Å². The van der Waals surface area contributed by atoms with Crippen molar-refractivity contribution in [3.8, 4) is 0 Å². The number of cyclic esters (lactones) is 1. The summed E-state index contributed by atoms with van der Waals surface area (Å²) in [6.45, 7) is 1.60. The van der Waals surface area contributed by atoms with Crippen LogP contribution in [0.3, 0.4) is 0 Å². The van der Waals surface area contributed by atoms with Gasteiger partial charge < -0.3 is 14.9 Å². The lowest BCUT2D eigenvalue weighted by molar-refractivity contribution is -0.193. The van der Waals surface area contributed by atoms with E-state index >= 15 is 0 Å². The van der Waals surface area contributed by atoms with E-state index in [4.69, 9.17) is 10.2 Å². The number of carboxylic acid groups (broad SMARTS) is 1. The Labute approximate surface area is 68.9 Å². The zero-order valence-corrected chi connectivity index (χ0v) is 6.56. The number of hydrogen-bond donors (Lipinski definition) is 2. The average Bonchev–Trinajstić information content (AvgIpc) is 1.82. The molecule has 1 saturated heterocycles. The molecular formula is C7H10O5. The number of carbonyl (C=O) groups is 2. The van der Waals surface area contributed by atoms with Crippen molar-refractivity contribution in [3.63, 3.8) is 0 Å². The molecule has 1 heterocycles. The summed E-state index contributed by atoms with van der Waals surface area (Å²) in [6, 6.07) is 0. The van der Waals surface area contributed by atoms with Crippen LogP contribution in [0.2, 0.25) is 0 Å². The van der Waals surface area contributed by atoms with Gasteiger partial charge in [0.2, 0.25) is 6.29 Å². The maximum absolute atomic E-state index is 10.9. The van der Waals surface area contributed by atoms with E-state index in [9.17, 15) is 9.59 Å². The van der Waals surface area contributed by atoms with Gasteiger partial charge in [0.15, 0.2) is 5.92 Å². The molecule has 3 atom stereocenters. The molecule has 0 aromatic heterocycles. The van der Waals surface area contributed by atoms with Gasteiger partial charge in [-0.05, 0) is 5.92 Å². The van der Waals surface area contributed by atoms with Gasteiger partial charge >= 0.3 is 11.9 Å². The number of rotatable bonds is 1. The van der Waals surface area contributed by atoms with Crippen molar-refractivity contribution in [1.29, 1.82) is 0 Å². The number of hydrogen-bond acceptors (Lipinski definition) is 4. The second-order valence-electron chi connectivity index (χ2n) is 2.92. The van der Waals surface area contributed by atoms with Gasteiger partial charge in [0.1, 0.15) is 0 Å². The normalized spacial score (nSPS) is 35.8. The standard InChI is InChI=1S/C7H10O5/c1-3-2-4(8)12-7(11)5(3)6(9)10/h3-5,8H,2H2,1H3,(H,9,10)/t3-,4-,5-/m0/s1. The minimum atomic E-state index is -1.19. The van der Waals surface area contributed by atoms with Gasteiger partial charge in [-0.25, -0.2) is 0 Å². The number of aliphatic hydroxyl groups is 1. The topological polar surface area (TPSA) is 83.8 Å². The molecular weight excluding hydrogens is 164 g/mol. The van der Waals surface area contributed by atoms with Crippen molar-refractivity contribution in [2.75, 3.05) is 0 Å². The third kappa shape index (κ3) is 1.55. The number of aliphatic carboxylic acids is 1. The summed E-state index contributed by atoms with van der Waals surface area (Å²) in [5.41, 5.74) is 0. The highest BCUT2D eigenvalue weighted by atomic mass is 16.6. The smallest absolute Gasteiger partial charge is 0.322 e. The van der Waals surface area contributed by atoms with Gasteiger partial charge in [0, 0.05) is 6.42 Å². The van der Waals surface area contributed by atoms with Crippen LogP contribution in [0.15, 0.2) is 0 Å². The first-order chi connectivity index (χ1) is 5.52. The molecule has 0 aromatic carbocycles. The van der Waals surface area contributed by atoms with E-state index < -0.39 is 24.1 Å². The molecule has 1 aliphatic heterocycles. The summed E-state index contributed by atoms with van der Waals surface area (Å²) < 4.78 is 4.37. The summed E-state index contributed by atoms with van der Waals surface area (Å²) in [7, 11) is 0. The maximum Gasteiger partial charge on any atom is 0.322 e. The lowest BCUT2D eigenvalue weighted by Gasteiger charge is -2.27. The molecule has 0 aliphatic carbocycles. The van der Waals surface area contributed by atoms with E-state index in [1.165, 1.54) is 0 Å². The maximum atomic E-state index is 10.9. The molecule has 0 bridgehead atoms. The molecule has 0 unspecified atom stereocenters. The largest absolute Gasteiger partial charge is 0.481 e. The van der Waals surface area contributed by atoms with Crippen LogP contribution < -0.4 is 0 Å². The van der Waals surface area contributed by atoms with Crippen molar-refractivity contribution in [3.05, 3.63) is 0 Å². The number of aliphatic hydroxyl groups excluding tert-OH is 1. The Morgan fingerprint density at radius 1 is 1.67 bits per heavy atom. The molecule has 0 aromatic rings. The highest BCUT2D eigenvalue weighted by Crippen LogP contribution is 2.25. The average molecular weight is 174 g/mol. The minimum Gasteiger partial charge on any atom is -0.481 e. The fourth-order valence-corrected chi connectivity index (χ4v) is 1.29. The molecule has 0 spiro atoms. The second kappa shape index (κ2) is 3.10. The van der Waals surface area contributed by atoms with E-state index in [1.54, 1.807) is 6.92 Å². The lowest BCUT2D eigenvalue weighted by Crippen LogP contribution is -2.40. The summed E-state index contributed by atoms with van der Waals surface area (Å²) in [5.74, 6) is -3.56. The van der Waals surface area contributed by atoms with Gasteiger partial charge in [-0.3, -0.25) is 9.59 Å². The van der Waals surface area contributed by atoms with Crippen molar-refractivity contribution in [1.82, 2.24) is 0 Å². The summed E-state index contributed by atoms with van der Waals surface area (Å²) in [6.07, 6.45) is -0.967. The van der Waals surface area contributed by atoms with Gasteiger partial charge in [-0.1, -0.05) is 6.92 Å². The van der Waals surface area contributed by atoms with E-state index in [0.29, 0.717) is 0 Å². The summed E-state index contributed by atoms with van der Waals surface area (Å²) >= 11 is 0. The van der Waals surface area contributed by atoms with Crippen LogP contribution in [0, 0.1) is 11.8 Å². The fraction of sp³-hybridized carbons (Fsp3) is 0.714. The summed E-state index contributed by atoms with van der Waals surface area (Å²) in [4.78, 5) is 21.4. The van der Waals surface area contributed by atoms with Crippen molar-refractivity contribution in [2.24, 2.45) is 11.8 Å². The zero-order chi connectivity index (χ0) is 9.30. The molecule has 12 heavy (non-hydrogen) atoms. The highest BCUT2D eigenvalue weighted by molar-refractivity contribution is 5.94. The molecule has 0 radical (unpaired) electrons. The van der Waals surface area contributed by atoms with Gasteiger partial charge in [-0.2, -0.15) is 0 Å². The molecule has 2 N–H and O–H groups in total. The molecule has 0 saturated carbocycles. The van der Waals surface area contributed by atoms with Crippen LogP contribution in [-0.4, -0.2) is 28.4 Å². The Kier molecular flexibility index (Phi) is 2.32. The fourth-order valence-electron chi connectivity index (χ4n) is 1.29. The van der Waals surface area contributed by atoms with Crippen LogP contribution >= 0.6 is 0 Å². The third-order valence-corrected chi connectivity index (χ3v) is 1.91. The van der Waals surface area contributed by atoms with Crippen LogP contribution in [0.4, 0.5) is 0 Å². The predicted octanol–water partition coefficient (Wildman–Crippen LogP) is -0.411. The molecule has 68 valence electrons. The number of carboxylic acids is 1. The van der Waals surface area contributed by atoms with Crippen LogP contribution in [0.5, 0.6) is 0 Å². The van der Waals surface area contributed by atoms with Crippen LogP contribution in [0.1, 0.15) is 13.3 Å². The third-order valence-electron chi connectivity index (χ3n) is 1.91. The summed E-state index contributed by atoms with van der Waals surface area (Å²) in [5, 5.41) is 17.5. The quantitative estimate of drug-likeness (QED) is 0.417. The van der Waals surface area contributed by atoms with E-state index in [2.05, 4.69) is 4.74 Å². The van der Waals surface area contributed by atoms with E-state index in [0.717, 1.165) is 0 Å². The Bertz CT molecular complexity index is 212. The first-order valence-corrected chi connectivity index (χ1v) is 3.63. The van der Waals surface area contributed by atoms with Crippen molar-refractivity contribution in [2.45, 2.75) is 19.6 Å². The Morgan fingerprint density at radius 3 is 2.67 bits per heavy atom. The van der Waals surface area contributed by atoms with Gasteiger partial charge in [0.05, 0.1) is 0 Å². The van der Waals surface area contributed by atoms with Crippen molar-refractivity contribution >= 4 is 11.9 Å². The molecule has 5 nitrogen and oxygen atoms in total. The zero-order valence-electron chi connectivity index (χ0n) is 6.56. The molecule has 1 rings (SSSR count). The second-order valence-corrected chi connectivity index (χ2v) is 2.92. The molecule has 1 fully saturated rings. The first-order valence-electron chi connectivity index (χ1n) is 3.63. The number of carbonyl (C=O) groups excluding carboxylic acids is 1. The predicted molar refractivity (Wildman–Crippen MR) is 37.0 cm³/mol. The Morgan fingerprint density at radius 2 is 2.25 bits per heavy atom. The molecule has 5 heteroatoms. The lowest BCUT2D eigenvalue weighted by atomic mass is 9.89. The number of esters is 1. The molecule has 1 aliphatic rings. The Balaban J connectivity index is 2.73. The highest BCUT2D eigenvalue weighted by Gasteiger charge is 2.40. The monoisotopic (exact) mass is 174 g/mol. The van der Waals surface area contributed by atoms with E-state index in [-0.39, 0.29) is 12.3 Å². The Hall–Kier alpha value is -1.10. The van der Waals surface area contributed by atoms with Gasteiger partial charge in [0.25, 0.3) is 0 Å². The SMILES string of the molecule is C[C@H]1C[C@@H](O)OC(=O)[C@@H]1C(=O)O. The molecule has 0 amide bonds. The van der Waals surface area contributed by atoms with Crippen LogP contribution in [-0.2, 0) is 14.3 Å². The number of ether oxygens (including phenoxy) is 1. The van der Waals surface area contributed by atoms with Crippen molar-refractivity contribution < 1.29 is 24.5 Å². The van der Waals surface area contributed by atoms with Crippen LogP contribution in [0.25, 0.3) is 0 Å².